The first kappa shape index (κ1) is 27.9. The Morgan fingerprint density at radius 2 is 0.769 bits per heavy atom. The van der Waals surface area contributed by atoms with Gasteiger partial charge in [0.15, 0.2) is 0 Å². The highest BCUT2D eigenvalue weighted by atomic mass is 16.5. The summed E-state index contributed by atoms with van der Waals surface area (Å²) < 4.78 is 11.7. The van der Waals surface area contributed by atoms with Crippen molar-refractivity contribution in [3.8, 4) is 34.0 Å². The van der Waals surface area contributed by atoms with Gasteiger partial charge in [0.1, 0.15) is 11.5 Å². The lowest BCUT2D eigenvalue weighted by Gasteiger charge is -2.39. The van der Waals surface area contributed by atoms with Crippen LogP contribution in [-0.4, -0.2) is 9.13 Å². The highest BCUT2D eigenvalue weighted by molar-refractivity contribution is 6.12. The van der Waals surface area contributed by atoms with Gasteiger partial charge in [-0.25, -0.2) is 0 Å². The lowest BCUT2D eigenvalue weighted by atomic mass is 9.66. The Bertz CT molecular complexity index is 3020. The van der Waals surface area contributed by atoms with Gasteiger partial charge in [-0.3, -0.25) is 0 Å². The molecule has 8 aromatic carbocycles. The number of rotatable bonds is 2. The van der Waals surface area contributed by atoms with Gasteiger partial charge in [-0.2, -0.15) is 0 Å². The van der Waals surface area contributed by atoms with Gasteiger partial charge >= 0.3 is 0 Å². The predicted octanol–water partition coefficient (Wildman–Crippen LogP) is 12.3. The number of ether oxygens (including phenoxy) is 1. The molecule has 3 heteroatoms. The second kappa shape index (κ2) is 10.1. The van der Waals surface area contributed by atoms with Crippen LogP contribution in [0.5, 0.6) is 11.5 Å². The van der Waals surface area contributed by atoms with Crippen LogP contribution in [0.3, 0.4) is 0 Å². The fourth-order valence-corrected chi connectivity index (χ4v) is 9.57. The summed E-state index contributed by atoms with van der Waals surface area (Å²) in [7, 11) is 0. The maximum absolute atomic E-state index is 6.92. The molecule has 2 aromatic heterocycles. The molecule has 0 amide bonds. The average molecular weight is 663 g/mol. The first-order valence-electron chi connectivity index (χ1n) is 17.9. The molecule has 0 radical (unpaired) electrons. The van der Waals surface area contributed by atoms with E-state index in [2.05, 4.69) is 191 Å². The number of fused-ring (bicyclic) bond motifs is 15. The van der Waals surface area contributed by atoms with E-state index in [1.807, 2.05) is 0 Å². The lowest BCUT2D eigenvalue weighted by molar-refractivity contribution is 0.436. The van der Waals surface area contributed by atoms with Crippen molar-refractivity contribution in [2.75, 3.05) is 0 Å². The van der Waals surface area contributed by atoms with Crippen molar-refractivity contribution in [3.63, 3.8) is 0 Å². The van der Waals surface area contributed by atoms with Gasteiger partial charge in [0.05, 0.1) is 27.5 Å². The maximum Gasteiger partial charge on any atom is 0.134 e. The molecule has 0 bridgehead atoms. The van der Waals surface area contributed by atoms with E-state index in [1.54, 1.807) is 0 Å². The highest BCUT2D eigenvalue weighted by Gasteiger charge is 2.50. The summed E-state index contributed by atoms with van der Waals surface area (Å²) in [6.45, 7) is 0. The van der Waals surface area contributed by atoms with Crippen LogP contribution in [0.1, 0.15) is 22.3 Å². The van der Waals surface area contributed by atoms with E-state index in [9.17, 15) is 0 Å². The van der Waals surface area contributed by atoms with Crippen LogP contribution in [0.25, 0.3) is 66.1 Å². The minimum atomic E-state index is -0.486. The van der Waals surface area contributed by atoms with Crippen molar-refractivity contribution in [1.82, 2.24) is 9.13 Å². The lowest BCUT2D eigenvalue weighted by Crippen LogP contribution is -2.32. The predicted molar refractivity (Wildman–Crippen MR) is 212 cm³/mol. The van der Waals surface area contributed by atoms with Crippen LogP contribution < -0.4 is 4.74 Å². The Morgan fingerprint density at radius 3 is 1.40 bits per heavy atom. The smallest absolute Gasteiger partial charge is 0.134 e. The second-order valence-electron chi connectivity index (χ2n) is 14.0. The molecule has 0 atom stereocenters. The summed E-state index contributed by atoms with van der Waals surface area (Å²) in [5.41, 5.74) is 14.0. The minimum absolute atomic E-state index is 0.486. The van der Waals surface area contributed by atoms with E-state index in [4.69, 9.17) is 4.74 Å². The van der Waals surface area contributed by atoms with Crippen LogP contribution in [0.4, 0.5) is 0 Å². The van der Waals surface area contributed by atoms with Crippen molar-refractivity contribution in [1.29, 1.82) is 0 Å². The largest absolute Gasteiger partial charge is 0.457 e. The summed E-state index contributed by atoms with van der Waals surface area (Å²) in [6.07, 6.45) is 0. The summed E-state index contributed by atoms with van der Waals surface area (Å²) in [5, 5.41) is 4.97. The maximum atomic E-state index is 6.92. The Hall–Kier alpha value is -6.84. The fourth-order valence-electron chi connectivity index (χ4n) is 9.57. The molecule has 10 aromatic rings. The molecule has 0 N–H and O–H groups in total. The number of benzene rings is 8. The number of aromatic nitrogens is 2. The molecule has 0 saturated carbocycles. The molecular formula is C49H30N2O. The molecule has 3 heterocycles. The van der Waals surface area contributed by atoms with E-state index in [-0.39, 0.29) is 0 Å². The number of para-hydroxylation sites is 4. The molecule has 0 fully saturated rings. The van der Waals surface area contributed by atoms with Crippen LogP contribution in [0, 0.1) is 0 Å². The number of nitrogens with zero attached hydrogens (tertiary/aromatic N) is 2. The molecule has 1 aliphatic heterocycles. The summed E-state index contributed by atoms with van der Waals surface area (Å²) in [6, 6.07) is 66.3. The van der Waals surface area contributed by atoms with Crippen LogP contribution >= 0.6 is 0 Å². The molecule has 0 unspecified atom stereocenters. The van der Waals surface area contributed by atoms with Crippen molar-refractivity contribution >= 4 is 43.6 Å². The second-order valence-corrected chi connectivity index (χ2v) is 14.0. The standard InChI is InChI=1S/C49H30N2O/c1-6-18-39-33(13-1)34-14-2-7-19-40(34)49(39)41-20-8-12-24-47(41)52-48-30-32(26-28-42(48)49)51-45-23-11-5-17-37(45)38-27-25-31(29-46(38)51)50-43-21-9-3-15-35(43)36-16-4-10-22-44(36)50/h1-30H. The SMILES string of the molecule is c1ccc2c(c1)Oc1cc(-n3c4ccccc4c4ccc(-n5c6ccccc6c6ccccc65)cc43)ccc1C21c2ccccc2-c2ccccc21. The normalized spacial score (nSPS) is 13.7. The van der Waals surface area contributed by atoms with Crippen molar-refractivity contribution in [3.05, 3.63) is 204 Å². The minimum Gasteiger partial charge on any atom is -0.457 e. The molecule has 0 saturated heterocycles. The summed E-state index contributed by atoms with van der Waals surface area (Å²) in [5.74, 6) is 1.78. The van der Waals surface area contributed by atoms with Crippen molar-refractivity contribution < 1.29 is 4.74 Å². The quantitative estimate of drug-likeness (QED) is 0.180. The molecule has 1 aliphatic carbocycles. The average Bonchev–Trinajstić information content (AvgIpc) is 3.82. The third-order valence-electron chi connectivity index (χ3n) is 11.6. The van der Waals surface area contributed by atoms with Gasteiger partial charge in [-0.15, -0.1) is 0 Å². The molecule has 1 spiro atoms. The zero-order valence-corrected chi connectivity index (χ0v) is 28.1. The van der Waals surface area contributed by atoms with Crippen molar-refractivity contribution in [2.24, 2.45) is 0 Å². The number of hydrogen-bond donors (Lipinski definition) is 0. The molecular weight excluding hydrogens is 633 g/mol. The van der Waals surface area contributed by atoms with E-state index in [1.165, 1.54) is 71.5 Å². The molecule has 242 valence electrons. The third-order valence-corrected chi connectivity index (χ3v) is 11.6. The Kier molecular flexibility index (Phi) is 5.43. The fraction of sp³-hybridized carbons (Fsp3) is 0.0204. The van der Waals surface area contributed by atoms with Crippen LogP contribution in [0.2, 0.25) is 0 Å². The topological polar surface area (TPSA) is 19.1 Å². The van der Waals surface area contributed by atoms with Gasteiger partial charge in [0, 0.05) is 50.1 Å². The molecule has 2 aliphatic rings. The van der Waals surface area contributed by atoms with Crippen LogP contribution in [0.15, 0.2) is 182 Å². The first-order chi connectivity index (χ1) is 25.8. The molecule has 52 heavy (non-hydrogen) atoms. The van der Waals surface area contributed by atoms with E-state index in [0.717, 1.165) is 28.4 Å². The Labute approximate surface area is 300 Å². The van der Waals surface area contributed by atoms with Gasteiger partial charge in [-0.1, -0.05) is 133 Å². The van der Waals surface area contributed by atoms with E-state index >= 15 is 0 Å². The first-order valence-corrected chi connectivity index (χ1v) is 17.9. The monoisotopic (exact) mass is 662 g/mol. The van der Waals surface area contributed by atoms with Crippen molar-refractivity contribution in [2.45, 2.75) is 5.41 Å². The highest BCUT2D eigenvalue weighted by Crippen LogP contribution is 2.62. The van der Waals surface area contributed by atoms with Crippen LogP contribution in [-0.2, 0) is 5.41 Å². The van der Waals surface area contributed by atoms with Gasteiger partial charge in [0.2, 0.25) is 0 Å². The summed E-state index contributed by atoms with van der Waals surface area (Å²) >= 11 is 0. The molecule has 12 rings (SSSR count). The molecule has 3 nitrogen and oxygen atoms in total. The van der Waals surface area contributed by atoms with E-state index in [0.29, 0.717) is 0 Å². The van der Waals surface area contributed by atoms with E-state index < -0.39 is 5.41 Å². The Balaban J connectivity index is 1.13. The van der Waals surface area contributed by atoms with Gasteiger partial charge in [0.25, 0.3) is 0 Å². The zero-order chi connectivity index (χ0) is 34.0. The summed E-state index contributed by atoms with van der Waals surface area (Å²) in [4.78, 5) is 0. The zero-order valence-electron chi connectivity index (χ0n) is 28.1. The third kappa shape index (κ3) is 3.45. The Morgan fingerprint density at radius 1 is 0.327 bits per heavy atom. The number of hydrogen-bond acceptors (Lipinski definition) is 1. The van der Waals surface area contributed by atoms with Gasteiger partial charge < -0.3 is 13.9 Å². The van der Waals surface area contributed by atoms with Gasteiger partial charge in [-0.05, 0) is 64.7 Å².